The van der Waals surface area contributed by atoms with Gasteiger partial charge in [0.05, 0.1) is 17.2 Å². The second-order valence-electron chi connectivity index (χ2n) is 5.08. The molecule has 23 heavy (non-hydrogen) atoms. The Bertz CT molecular complexity index is 781. The van der Waals surface area contributed by atoms with E-state index in [1.807, 2.05) is 23.6 Å². The molecular formula is C16H17N5OS. The molecule has 0 aliphatic carbocycles. The van der Waals surface area contributed by atoms with Crippen LogP contribution in [0.4, 0.5) is 0 Å². The Kier molecular flexibility index (Phi) is 4.77. The molecule has 0 bridgehead atoms. The summed E-state index contributed by atoms with van der Waals surface area (Å²) < 4.78 is 1.76. The molecule has 7 heteroatoms. The molecule has 0 saturated carbocycles. The van der Waals surface area contributed by atoms with Gasteiger partial charge in [-0.3, -0.25) is 9.36 Å². The van der Waals surface area contributed by atoms with Gasteiger partial charge in [0.1, 0.15) is 12.7 Å². The number of benzene rings is 1. The van der Waals surface area contributed by atoms with Gasteiger partial charge in [0, 0.05) is 16.6 Å². The normalized spacial score (nSPS) is 10.7. The van der Waals surface area contributed by atoms with Gasteiger partial charge in [-0.15, -0.1) is 21.5 Å². The van der Waals surface area contributed by atoms with Gasteiger partial charge < -0.3 is 5.32 Å². The molecule has 0 atom stereocenters. The van der Waals surface area contributed by atoms with Crippen LogP contribution in [0.1, 0.15) is 34.4 Å². The van der Waals surface area contributed by atoms with E-state index >= 15 is 0 Å². The van der Waals surface area contributed by atoms with Crippen molar-refractivity contribution in [3.05, 3.63) is 58.6 Å². The van der Waals surface area contributed by atoms with E-state index in [-0.39, 0.29) is 5.91 Å². The number of carbonyl (C=O) groups is 1. The molecule has 0 aliphatic rings. The van der Waals surface area contributed by atoms with Crippen molar-refractivity contribution in [2.75, 3.05) is 0 Å². The Morgan fingerprint density at radius 1 is 1.30 bits per heavy atom. The van der Waals surface area contributed by atoms with Gasteiger partial charge in [-0.2, -0.15) is 0 Å². The fourth-order valence-corrected chi connectivity index (χ4v) is 3.07. The molecule has 3 rings (SSSR count). The first-order chi connectivity index (χ1) is 11.3. The summed E-state index contributed by atoms with van der Waals surface area (Å²) in [5, 5.41) is 13.6. The average Bonchev–Trinajstić information content (AvgIpc) is 3.25. The highest BCUT2D eigenvalue weighted by Gasteiger charge is 2.08. The van der Waals surface area contributed by atoms with Crippen LogP contribution in [0.3, 0.4) is 0 Å². The van der Waals surface area contributed by atoms with Gasteiger partial charge in [0.15, 0.2) is 0 Å². The summed E-state index contributed by atoms with van der Waals surface area (Å²) in [6.45, 7) is 2.57. The van der Waals surface area contributed by atoms with E-state index in [0.29, 0.717) is 12.1 Å². The highest BCUT2D eigenvalue weighted by atomic mass is 32.1. The van der Waals surface area contributed by atoms with Crippen LogP contribution in [0.15, 0.2) is 42.3 Å². The molecule has 2 aromatic heterocycles. The Balaban J connectivity index is 1.65. The van der Waals surface area contributed by atoms with Crippen LogP contribution in [0, 0.1) is 0 Å². The fraction of sp³-hybridized carbons (Fsp3) is 0.250. The largest absolute Gasteiger partial charge is 0.346 e. The first-order valence-corrected chi connectivity index (χ1v) is 8.31. The first-order valence-electron chi connectivity index (χ1n) is 7.43. The molecule has 1 N–H and O–H groups in total. The molecule has 0 saturated heterocycles. The molecule has 118 valence electrons. The third-order valence-corrected chi connectivity index (χ3v) is 4.28. The number of nitrogens with zero attached hydrogens (tertiary/aromatic N) is 4. The maximum absolute atomic E-state index is 12.3. The summed E-state index contributed by atoms with van der Waals surface area (Å²) in [7, 11) is 0. The van der Waals surface area contributed by atoms with E-state index in [2.05, 4.69) is 27.4 Å². The molecule has 0 spiro atoms. The topological polar surface area (TPSA) is 72.7 Å². The molecule has 0 aliphatic heterocycles. The molecule has 1 aromatic carbocycles. The first kappa shape index (κ1) is 15.4. The Hall–Kier alpha value is -2.54. The zero-order valence-corrected chi connectivity index (χ0v) is 13.6. The van der Waals surface area contributed by atoms with E-state index in [0.717, 1.165) is 29.2 Å². The Morgan fingerprint density at radius 2 is 2.13 bits per heavy atom. The van der Waals surface area contributed by atoms with Crippen molar-refractivity contribution in [2.45, 2.75) is 26.3 Å². The highest BCUT2D eigenvalue weighted by molar-refractivity contribution is 7.09. The number of amides is 1. The van der Waals surface area contributed by atoms with Gasteiger partial charge in [0.25, 0.3) is 5.91 Å². The zero-order chi connectivity index (χ0) is 16.1. The number of thiazole rings is 1. The standard InChI is InChI=1S/C16H17N5OS/c1-2-4-15-20-13(9-23-15)8-17-16(22)12-5-3-6-14(7-12)21-10-18-19-11-21/h3,5-7,9-11H,2,4,8H2,1H3,(H,17,22). The molecule has 1 amide bonds. The van der Waals surface area contributed by atoms with E-state index in [1.165, 1.54) is 0 Å². The summed E-state index contributed by atoms with van der Waals surface area (Å²) in [6.07, 6.45) is 5.26. The second kappa shape index (κ2) is 7.15. The van der Waals surface area contributed by atoms with Crippen molar-refractivity contribution < 1.29 is 4.79 Å². The molecule has 6 nitrogen and oxygen atoms in total. The Labute approximate surface area is 138 Å². The SMILES string of the molecule is CCCc1nc(CNC(=O)c2cccc(-n3cnnc3)c2)cs1. The van der Waals surface area contributed by atoms with Crippen molar-refractivity contribution in [3.63, 3.8) is 0 Å². The van der Waals surface area contributed by atoms with Gasteiger partial charge in [-0.1, -0.05) is 13.0 Å². The Morgan fingerprint density at radius 3 is 2.91 bits per heavy atom. The van der Waals surface area contributed by atoms with Gasteiger partial charge in [-0.05, 0) is 31.0 Å². The third-order valence-electron chi connectivity index (χ3n) is 3.32. The fourth-order valence-electron chi connectivity index (χ4n) is 2.17. The molecule has 0 radical (unpaired) electrons. The summed E-state index contributed by atoms with van der Waals surface area (Å²) in [5.41, 5.74) is 2.35. The smallest absolute Gasteiger partial charge is 0.251 e. The zero-order valence-electron chi connectivity index (χ0n) is 12.8. The minimum absolute atomic E-state index is 0.120. The number of hydrogen-bond acceptors (Lipinski definition) is 5. The number of aryl methyl sites for hydroxylation is 1. The van der Waals surface area contributed by atoms with Crippen molar-refractivity contribution in [1.82, 2.24) is 25.1 Å². The van der Waals surface area contributed by atoms with Crippen LogP contribution in [0.2, 0.25) is 0 Å². The lowest BCUT2D eigenvalue weighted by atomic mass is 10.2. The van der Waals surface area contributed by atoms with Gasteiger partial charge >= 0.3 is 0 Å². The molecular weight excluding hydrogens is 310 g/mol. The monoisotopic (exact) mass is 327 g/mol. The van der Waals surface area contributed by atoms with Gasteiger partial charge in [-0.25, -0.2) is 4.98 Å². The van der Waals surface area contributed by atoms with Crippen LogP contribution in [-0.2, 0) is 13.0 Å². The lowest BCUT2D eigenvalue weighted by molar-refractivity contribution is 0.0950. The predicted molar refractivity (Wildman–Crippen MR) is 88.6 cm³/mol. The molecule has 0 unspecified atom stereocenters. The van der Waals surface area contributed by atoms with Crippen molar-refractivity contribution in [2.24, 2.45) is 0 Å². The number of rotatable bonds is 6. The second-order valence-corrected chi connectivity index (χ2v) is 6.03. The van der Waals surface area contributed by atoms with Crippen LogP contribution in [0.25, 0.3) is 5.69 Å². The minimum Gasteiger partial charge on any atom is -0.346 e. The average molecular weight is 327 g/mol. The molecule has 0 fully saturated rings. The summed E-state index contributed by atoms with van der Waals surface area (Å²) in [6, 6.07) is 7.33. The van der Waals surface area contributed by atoms with E-state index < -0.39 is 0 Å². The van der Waals surface area contributed by atoms with E-state index in [9.17, 15) is 4.79 Å². The molecule has 3 aromatic rings. The maximum atomic E-state index is 12.3. The van der Waals surface area contributed by atoms with Crippen LogP contribution in [-0.4, -0.2) is 25.7 Å². The lowest BCUT2D eigenvalue weighted by Crippen LogP contribution is -2.23. The number of carbonyl (C=O) groups excluding carboxylic acids is 1. The van der Waals surface area contributed by atoms with Crippen LogP contribution >= 0.6 is 11.3 Å². The molecule has 2 heterocycles. The minimum atomic E-state index is -0.120. The lowest BCUT2D eigenvalue weighted by Gasteiger charge is -2.06. The third kappa shape index (κ3) is 3.81. The van der Waals surface area contributed by atoms with Crippen LogP contribution in [0.5, 0.6) is 0 Å². The van der Waals surface area contributed by atoms with Gasteiger partial charge in [0.2, 0.25) is 0 Å². The number of aromatic nitrogens is 4. The maximum Gasteiger partial charge on any atom is 0.251 e. The highest BCUT2D eigenvalue weighted by Crippen LogP contribution is 2.13. The van der Waals surface area contributed by atoms with E-state index in [1.54, 1.807) is 34.6 Å². The van der Waals surface area contributed by atoms with Crippen molar-refractivity contribution in [1.29, 1.82) is 0 Å². The predicted octanol–water partition coefficient (Wildman–Crippen LogP) is 2.61. The van der Waals surface area contributed by atoms with Crippen LogP contribution < -0.4 is 5.32 Å². The quantitative estimate of drug-likeness (QED) is 0.755. The summed E-state index contributed by atoms with van der Waals surface area (Å²) in [5.74, 6) is -0.120. The summed E-state index contributed by atoms with van der Waals surface area (Å²) in [4.78, 5) is 16.8. The van der Waals surface area contributed by atoms with Crippen molar-refractivity contribution in [3.8, 4) is 5.69 Å². The summed E-state index contributed by atoms with van der Waals surface area (Å²) >= 11 is 1.64. The number of hydrogen-bond donors (Lipinski definition) is 1. The van der Waals surface area contributed by atoms with E-state index in [4.69, 9.17) is 0 Å². The number of nitrogens with one attached hydrogen (secondary N) is 1. The van der Waals surface area contributed by atoms with Crippen molar-refractivity contribution >= 4 is 17.2 Å².